The Kier molecular flexibility index (Phi) is 5.56. The molecule has 1 aromatic rings. The van der Waals surface area contributed by atoms with Gasteiger partial charge in [-0.1, -0.05) is 11.6 Å². The first-order chi connectivity index (χ1) is 9.94. The van der Waals surface area contributed by atoms with Gasteiger partial charge < -0.3 is 10.1 Å². The van der Waals surface area contributed by atoms with E-state index in [9.17, 15) is 12.8 Å². The topological polar surface area (TPSA) is 67.4 Å². The normalized spacial score (nSPS) is 19.7. The second-order valence-corrected chi connectivity index (χ2v) is 7.04. The van der Waals surface area contributed by atoms with Gasteiger partial charge in [-0.05, 0) is 37.6 Å². The first-order valence-corrected chi connectivity index (χ1v) is 8.53. The zero-order valence-corrected chi connectivity index (χ0v) is 13.2. The Labute approximate surface area is 128 Å². The van der Waals surface area contributed by atoms with Gasteiger partial charge in [0.1, 0.15) is 5.82 Å². The maximum Gasteiger partial charge on any atom is 0.241 e. The van der Waals surface area contributed by atoms with Crippen molar-refractivity contribution >= 4 is 21.6 Å². The average Bonchev–Trinajstić information content (AvgIpc) is 2.44. The Hall–Kier alpha value is -0.730. The van der Waals surface area contributed by atoms with Crippen LogP contribution >= 0.6 is 11.6 Å². The molecule has 0 bridgehead atoms. The Balaban J connectivity index is 2.26. The molecule has 2 rings (SSSR count). The van der Waals surface area contributed by atoms with Gasteiger partial charge in [0.15, 0.2) is 0 Å². The molecule has 21 heavy (non-hydrogen) atoms. The molecular weight excluding hydrogens is 319 g/mol. The summed E-state index contributed by atoms with van der Waals surface area (Å²) in [7, 11) is -2.12. The lowest BCUT2D eigenvalue weighted by Gasteiger charge is -2.23. The van der Waals surface area contributed by atoms with Crippen LogP contribution in [0.5, 0.6) is 0 Å². The molecule has 8 heteroatoms. The molecule has 0 amide bonds. The Morgan fingerprint density at radius 2 is 2.24 bits per heavy atom. The lowest BCUT2D eigenvalue weighted by molar-refractivity contribution is 0.0774. The molecule has 1 saturated heterocycles. The molecule has 0 aliphatic carbocycles. The van der Waals surface area contributed by atoms with Crippen LogP contribution in [-0.4, -0.2) is 34.7 Å². The molecule has 1 aromatic carbocycles. The third-order valence-electron chi connectivity index (χ3n) is 3.24. The van der Waals surface area contributed by atoms with Crippen molar-refractivity contribution in [1.82, 2.24) is 10.0 Å². The number of hydrogen-bond donors (Lipinski definition) is 2. The van der Waals surface area contributed by atoms with Gasteiger partial charge in [-0.3, -0.25) is 0 Å². The first kappa shape index (κ1) is 16.6. The monoisotopic (exact) mass is 336 g/mol. The van der Waals surface area contributed by atoms with Crippen molar-refractivity contribution in [3.8, 4) is 0 Å². The maximum atomic E-state index is 13.8. The van der Waals surface area contributed by atoms with E-state index in [2.05, 4.69) is 10.0 Å². The molecule has 0 radical (unpaired) electrons. The molecule has 118 valence electrons. The minimum absolute atomic E-state index is 0.0655. The van der Waals surface area contributed by atoms with E-state index in [-0.39, 0.29) is 22.5 Å². The molecule has 0 saturated carbocycles. The largest absolute Gasteiger partial charge is 0.380 e. The fourth-order valence-electron chi connectivity index (χ4n) is 2.21. The van der Waals surface area contributed by atoms with Crippen LogP contribution < -0.4 is 10.0 Å². The summed E-state index contributed by atoms with van der Waals surface area (Å²) in [6.07, 6.45) is 1.51. The van der Waals surface area contributed by atoms with E-state index < -0.39 is 15.8 Å². The van der Waals surface area contributed by atoms with Gasteiger partial charge in [0.05, 0.1) is 16.5 Å². The van der Waals surface area contributed by atoms with E-state index in [4.69, 9.17) is 16.3 Å². The number of rotatable bonds is 5. The van der Waals surface area contributed by atoms with Crippen molar-refractivity contribution in [2.24, 2.45) is 0 Å². The van der Waals surface area contributed by atoms with Crippen molar-refractivity contribution in [2.45, 2.75) is 30.3 Å². The quantitative estimate of drug-likeness (QED) is 0.858. The SMILES string of the molecule is CNCc1cc(S(=O)(=O)NC2CCCOC2)cc(F)c1Cl. The van der Waals surface area contributed by atoms with Gasteiger partial charge in [0.25, 0.3) is 0 Å². The van der Waals surface area contributed by atoms with E-state index in [0.717, 1.165) is 12.5 Å². The molecular formula is C13H18ClFN2O3S. The number of nitrogens with one attached hydrogen (secondary N) is 2. The minimum Gasteiger partial charge on any atom is -0.380 e. The van der Waals surface area contributed by atoms with Crippen LogP contribution in [-0.2, 0) is 21.3 Å². The predicted molar refractivity (Wildman–Crippen MR) is 78.3 cm³/mol. The highest BCUT2D eigenvalue weighted by atomic mass is 35.5. The second kappa shape index (κ2) is 7.02. The van der Waals surface area contributed by atoms with Gasteiger partial charge in [-0.2, -0.15) is 0 Å². The van der Waals surface area contributed by atoms with E-state index in [1.165, 1.54) is 6.07 Å². The third kappa shape index (κ3) is 4.14. The lowest BCUT2D eigenvalue weighted by atomic mass is 10.1. The standard InChI is InChI=1S/C13H18ClFN2O3S/c1-16-7-9-5-11(6-12(15)13(9)14)21(18,19)17-10-3-2-4-20-8-10/h5-6,10,16-17H,2-4,7-8H2,1H3. The van der Waals surface area contributed by atoms with Crippen LogP contribution in [0.4, 0.5) is 4.39 Å². The van der Waals surface area contributed by atoms with E-state index in [1.807, 2.05) is 0 Å². The summed E-state index contributed by atoms with van der Waals surface area (Å²) in [6.45, 7) is 1.25. The van der Waals surface area contributed by atoms with Crippen molar-refractivity contribution in [1.29, 1.82) is 0 Å². The smallest absolute Gasteiger partial charge is 0.241 e. The van der Waals surface area contributed by atoms with Crippen molar-refractivity contribution in [2.75, 3.05) is 20.3 Å². The summed E-state index contributed by atoms with van der Waals surface area (Å²) in [5.41, 5.74) is 0.402. The number of sulfonamides is 1. The van der Waals surface area contributed by atoms with Crippen LogP contribution in [0.2, 0.25) is 5.02 Å². The number of ether oxygens (including phenoxy) is 1. The summed E-state index contributed by atoms with van der Waals surface area (Å²) < 4.78 is 46.2. The third-order valence-corrected chi connectivity index (χ3v) is 5.16. The molecule has 1 heterocycles. The van der Waals surface area contributed by atoms with Crippen molar-refractivity contribution in [3.05, 3.63) is 28.5 Å². The predicted octanol–water partition coefficient (Wildman–Crippen LogP) is 1.66. The molecule has 1 aliphatic heterocycles. The molecule has 5 nitrogen and oxygen atoms in total. The van der Waals surface area contributed by atoms with Crippen LogP contribution in [0.15, 0.2) is 17.0 Å². The van der Waals surface area contributed by atoms with Gasteiger partial charge in [0.2, 0.25) is 10.0 Å². The highest BCUT2D eigenvalue weighted by molar-refractivity contribution is 7.89. The molecule has 0 aromatic heterocycles. The van der Waals surface area contributed by atoms with Crippen molar-refractivity contribution in [3.63, 3.8) is 0 Å². The highest BCUT2D eigenvalue weighted by Crippen LogP contribution is 2.25. The molecule has 1 atom stereocenters. The fraction of sp³-hybridized carbons (Fsp3) is 0.538. The second-order valence-electron chi connectivity index (χ2n) is 4.94. The van der Waals surface area contributed by atoms with Crippen LogP contribution in [0.1, 0.15) is 18.4 Å². The fourth-order valence-corrected chi connectivity index (χ4v) is 3.71. The van der Waals surface area contributed by atoms with E-state index >= 15 is 0 Å². The van der Waals surface area contributed by atoms with E-state index in [1.54, 1.807) is 7.05 Å². The summed E-state index contributed by atoms with van der Waals surface area (Å²) in [4.78, 5) is -0.125. The molecule has 2 N–H and O–H groups in total. The van der Waals surface area contributed by atoms with Crippen LogP contribution in [0.3, 0.4) is 0 Å². The van der Waals surface area contributed by atoms with Crippen molar-refractivity contribution < 1.29 is 17.5 Å². The number of halogens is 2. The number of benzene rings is 1. The maximum absolute atomic E-state index is 13.8. The zero-order valence-electron chi connectivity index (χ0n) is 11.7. The average molecular weight is 337 g/mol. The lowest BCUT2D eigenvalue weighted by Crippen LogP contribution is -2.40. The molecule has 0 spiro atoms. The Morgan fingerprint density at radius 1 is 1.48 bits per heavy atom. The van der Waals surface area contributed by atoms with Crippen LogP contribution in [0.25, 0.3) is 0 Å². The van der Waals surface area contributed by atoms with Gasteiger partial charge in [-0.25, -0.2) is 17.5 Å². The highest BCUT2D eigenvalue weighted by Gasteiger charge is 2.24. The number of hydrogen-bond acceptors (Lipinski definition) is 4. The molecule has 1 aliphatic rings. The molecule has 1 fully saturated rings. The zero-order chi connectivity index (χ0) is 15.5. The minimum atomic E-state index is -3.80. The summed E-state index contributed by atoms with van der Waals surface area (Å²) in [6, 6.07) is 2.04. The van der Waals surface area contributed by atoms with Gasteiger partial charge in [-0.15, -0.1) is 0 Å². The Bertz CT molecular complexity index is 604. The summed E-state index contributed by atoms with van der Waals surface area (Å²) in [5.74, 6) is -0.746. The summed E-state index contributed by atoms with van der Waals surface area (Å²) in [5, 5.41) is 2.76. The van der Waals surface area contributed by atoms with Crippen LogP contribution in [0, 0.1) is 5.82 Å². The summed E-state index contributed by atoms with van der Waals surface area (Å²) >= 11 is 5.84. The van der Waals surface area contributed by atoms with E-state index in [0.29, 0.717) is 25.2 Å². The first-order valence-electron chi connectivity index (χ1n) is 6.66. The van der Waals surface area contributed by atoms with Gasteiger partial charge >= 0.3 is 0 Å². The molecule has 1 unspecified atom stereocenters. The van der Waals surface area contributed by atoms with Gasteiger partial charge in [0, 0.05) is 19.2 Å². The Morgan fingerprint density at radius 3 is 2.86 bits per heavy atom.